The first-order valence-electron chi connectivity index (χ1n) is 10.3. The van der Waals surface area contributed by atoms with Crippen LogP contribution in [0.25, 0.3) is 0 Å². The van der Waals surface area contributed by atoms with Gasteiger partial charge in [0.2, 0.25) is 5.95 Å². The molecule has 10 heteroatoms. The number of aryl methyl sites for hydroxylation is 1. The van der Waals surface area contributed by atoms with E-state index in [0.717, 1.165) is 5.56 Å². The van der Waals surface area contributed by atoms with E-state index in [2.05, 4.69) is 9.97 Å². The van der Waals surface area contributed by atoms with E-state index in [0.29, 0.717) is 57.0 Å². The summed E-state index contributed by atoms with van der Waals surface area (Å²) in [4.78, 5) is 47.7. The van der Waals surface area contributed by atoms with Crippen molar-refractivity contribution in [2.24, 2.45) is 5.92 Å². The maximum Gasteiger partial charge on any atom is 0.309 e. The molecule has 0 N–H and O–H groups in total. The number of non-ortho nitro benzene ring substituents is 1. The molecule has 162 valence electrons. The number of benzene rings is 1. The molecule has 2 aromatic rings. The number of nitrogens with zero attached hydrogens (tertiary/aromatic N) is 5. The van der Waals surface area contributed by atoms with E-state index in [1.54, 1.807) is 29.4 Å². The van der Waals surface area contributed by atoms with E-state index >= 15 is 0 Å². The molecular weight excluding hydrogens is 402 g/mol. The van der Waals surface area contributed by atoms with E-state index in [1.165, 1.54) is 12.1 Å². The second-order valence-corrected chi connectivity index (χ2v) is 7.64. The maximum atomic E-state index is 12.7. The zero-order valence-electron chi connectivity index (χ0n) is 17.0. The van der Waals surface area contributed by atoms with Crippen LogP contribution in [-0.2, 0) is 20.7 Å². The summed E-state index contributed by atoms with van der Waals surface area (Å²) in [6.45, 7) is 1.46. The number of hydrogen-bond donors (Lipinski definition) is 0. The number of amides is 1. The average Bonchev–Trinajstić information content (AvgIpc) is 2.82. The van der Waals surface area contributed by atoms with Crippen LogP contribution in [0.4, 0.5) is 17.3 Å². The number of carbonyl (C=O) groups is 2. The maximum absolute atomic E-state index is 12.7. The van der Waals surface area contributed by atoms with Gasteiger partial charge in [0.05, 0.1) is 10.8 Å². The highest BCUT2D eigenvalue weighted by Crippen LogP contribution is 2.30. The number of esters is 1. The lowest BCUT2D eigenvalue weighted by molar-refractivity contribution is -0.384. The van der Waals surface area contributed by atoms with Crippen LogP contribution in [0.15, 0.2) is 36.7 Å². The predicted octanol–water partition coefficient (Wildman–Crippen LogP) is 2.12. The van der Waals surface area contributed by atoms with Gasteiger partial charge in [0.15, 0.2) is 6.61 Å². The minimum Gasteiger partial charge on any atom is -0.455 e. The molecule has 0 atom stereocenters. The second-order valence-electron chi connectivity index (χ2n) is 7.64. The van der Waals surface area contributed by atoms with Crippen LogP contribution >= 0.6 is 0 Å². The van der Waals surface area contributed by atoms with Crippen molar-refractivity contribution in [3.05, 3.63) is 52.3 Å². The minimum absolute atomic E-state index is 0.00622. The third-order valence-electron chi connectivity index (χ3n) is 5.69. The summed E-state index contributed by atoms with van der Waals surface area (Å²) in [6, 6.07) is 6.24. The highest BCUT2D eigenvalue weighted by molar-refractivity contribution is 5.96. The Morgan fingerprint density at radius 3 is 2.61 bits per heavy atom. The lowest BCUT2D eigenvalue weighted by atomic mass is 9.97. The highest BCUT2D eigenvalue weighted by Gasteiger charge is 2.29. The number of aromatic nitrogens is 2. The molecule has 2 aliphatic rings. The van der Waals surface area contributed by atoms with Gasteiger partial charge in [0.1, 0.15) is 0 Å². The molecule has 4 rings (SSSR count). The molecule has 0 saturated carbocycles. The SMILES string of the molecule is O=C(OCC(=O)N1CCCc2cc([N+](=O)[O-])ccc21)C1CCN(c2ncccn2)CC1. The summed E-state index contributed by atoms with van der Waals surface area (Å²) < 4.78 is 5.33. The van der Waals surface area contributed by atoms with Crippen LogP contribution in [0.2, 0.25) is 0 Å². The Balaban J connectivity index is 1.31. The molecule has 1 saturated heterocycles. The Kier molecular flexibility index (Phi) is 6.06. The molecule has 0 aliphatic carbocycles. The Morgan fingerprint density at radius 2 is 1.90 bits per heavy atom. The summed E-state index contributed by atoms with van der Waals surface area (Å²) >= 11 is 0. The molecule has 10 nitrogen and oxygen atoms in total. The van der Waals surface area contributed by atoms with Gasteiger partial charge in [-0.15, -0.1) is 0 Å². The largest absolute Gasteiger partial charge is 0.455 e. The average molecular weight is 425 g/mol. The van der Waals surface area contributed by atoms with Crippen molar-refractivity contribution in [1.82, 2.24) is 9.97 Å². The fourth-order valence-corrected chi connectivity index (χ4v) is 4.05. The number of nitro benzene ring substituents is 1. The number of carbonyl (C=O) groups excluding carboxylic acids is 2. The summed E-state index contributed by atoms with van der Waals surface area (Å²) in [5.74, 6) is -0.307. The molecule has 0 spiro atoms. The number of fused-ring (bicyclic) bond motifs is 1. The van der Waals surface area contributed by atoms with Crippen molar-refractivity contribution in [2.45, 2.75) is 25.7 Å². The van der Waals surface area contributed by atoms with Crippen molar-refractivity contribution in [3.63, 3.8) is 0 Å². The van der Waals surface area contributed by atoms with Gasteiger partial charge in [-0.05, 0) is 43.4 Å². The molecular formula is C21H23N5O5. The molecule has 1 fully saturated rings. The van der Waals surface area contributed by atoms with Gasteiger partial charge in [-0.25, -0.2) is 9.97 Å². The molecule has 0 bridgehead atoms. The van der Waals surface area contributed by atoms with E-state index in [9.17, 15) is 19.7 Å². The van der Waals surface area contributed by atoms with Gasteiger partial charge in [0, 0.05) is 49.8 Å². The van der Waals surface area contributed by atoms with Crippen LogP contribution in [0.1, 0.15) is 24.8 Å². The lowest BCUT2D eigenvalue weighted by Gasteiger charge is -2.31. The van der Waals surface area contributed by atoms with Crippen molar-refractivity contribution >= 4 is 29.2 Å². The monoisotopic (exact) mass is 425 g/mol. The third kappa shape index (κ3) is 4.62. The van der Waals surface area contributed by atoms with E-state index in [1.807, 2.05) is 4.90 Å². The summed E-state index contributed by atoms with van der Waals surface area (Å²) in [5, 5.41) is 11.0. The topological polar surface area (TPSA) is 119 Å². The number of ether oxygens (including phenoxy) is 1. The first-order valence-corrected chi connectivity index (χ1v) is 10.3. The normalized spacial score (nSPS) is 16.5. The van der Waals surface area contributed by atoms with Gasteiger partial charge in [0.25, 0.3) is 11.6 Å². The Labute approximate surface area is 179 Å². The van der Waals surface area contributed by atoms with Crippen molar-refractivity contribution < 1.29 is 19.2 Å². The van der Waals surface area contributed by atoms with Gasteiger partial charge in [-0.3, -0.25) is 19.7 Å². The smallest absolute Gasteiger partial charge is 0.309 e. The molecule has 3 heterocycles. The van der Waals surface area contributed by atoms with Crippen molar-refractivity contribution in [1.29, 1.82) is 0 Å². The second kappa shape index (κ2) is 9.07. The van der Waals surface area contributed by atoms with Crippen LogP contribution in [0.3, 0.4) is 0 Å². The number of anilines is 2. The number of nitro groups is 1. The van der Waals surface area contributed by atoms with Crippen LogP contribution in [0, 0.1) is 16.0 Å². The molecule has 0 unspecified atom stereocenters. The molecule has 31 heavy (non-hydrogen) atoms. The first kappa shape index (κ1) is 20.7. The van der Waals surface area contributed by atoms with Gasteiger partial charge >= 0.3 is 5.97 Å². The summed E-state index contributed by atoms with van der Waals surface area (Å²) in [6.07, 6.45) is 5.97. The Bertz CT molecular complexity index is 975. The Hall–Kier alpha value is -3.56. The van der Waals surface area contributed by atoms with Gasteiger partial charge < -0.3 is 14.5 Å². The zero-order valence-corrected chi connectivity index (χ0v) is 17.0. The van der Waals surface area contributed by atoms with Crippen molar-refractivity contribution in [2.75, 3.05) is 36.0 Å². The fraction of sp³-hybridized carbons (Fsp3) is 0.429. The number of piperidine rings is 1. The third-order valence-corrected chi connectivity index (χ3v) is 5.69. The molecule has 1 aromatic heterocycles. The summed E-state index contributed by atoms with van der Waals surface area (Å²) in [7, 11) is 0. The van der Waals surface area contributed by atoms with E-state index < -0.39 is 4.92 Å². The number of hydrogen-bond acceptors (Lipinski definition) is 8. The van der Waals surface area contributed by atoms with Crippen LogP contribution in [0.5, 0.6) is 0 Å². The molecule has 1 aromatic carbocycles. The predicted molar refractivity (Wildman–Crippen MR) is 112 cm³/mol. The molecule has 2 aliphatic heterocycles. The Morgan fingerprint density at radius 1 is 1.16 bits per heavy atom. The highest BCUT2D eigenvalue weighted by atomic mass is 16.6. The van der Waals surface area contributed by atoms with Crippen LogP contribution in [-0.4, -0.2) is 53.0 Å². The number of rotatable bonds is 5. The van der Waals surface area contributed by atoms with Crippen molar-refractivity contribution in [3.8, 4) is 0 Å². The summed E-state index contributed by atoms with van der Waals surface area (Å²) in [5.41, 5.74) is 1.41. The minimum atomic E-state index is -0.446. The first-order chi connectivity index (χ1) is 15.0. The quantitative estimate of drug-likeness (QED) is 0.406. The zero-order chi connectivity index (χ0) is 21.8. The molecule has 1 amide bonds. The molecule has 0 radical (unpaired) electrons. The lowest BCUT2D eigenvalue weighted by Crippen LogP contribution is -2.40. The van der Waals surface area contributed by atoms with Gasteiger partial charge in [-0.2, -0.15) is 0 Å². The van der Waals surface area contributed by atoms with E-state index in [4.69, 9.17) is 4.74 Å². The standard InChI is InChI=1S/C21H23N5O5/c27-19(25-10-1-3-16-13-17(26(29)30)4-5-18(16)25)14-31-20(28)15-6-11-24(12-7-15)21-22-8-2-9-23-21/h2,4-5,8-9,13,15H,1,3,6-7,10-12,14H2. The van der Waals surface area contributed by atoms with E-state index in [-0.39, 0.29) is 30.1 Å². The fourth-order valence-electron chi connectivity index (χ4n) is 4.05. The van der Waals surface area contributed by atoms with Gasteiger partial charge in [-0.1, -0.05) is 0 Å². The van der Waals surface area contributed by atoms with Crippen LogP contribution < -0.4 is 9.80 Å².